The van der Waals surface area contributed by atoms with Crippen LogP contribution >= 0.6 is 35.3 Å². The molecule has 2 atom stereocenters. The molecule has 1 saturated heterocycles. The Morgan fingerprint density at radius 2 is 2.29 bits per heavy atom. The van der Waals surface area contributed by atoms with Crippen molar-refractivity contribution >= 4 is 59.0 Å². The molecule has 1 aromatic heterocycles. The third-order valence-electron chi connectivity index (χ3n) is 3.61. The number of rotatable bonds is 8. The van der Waals surface area contributed by atoms with Crippen LogP contribution in [0.5, 0.6) is 0 Å². The molecule has 3 heterocycles. The monoisotopic (exact) mass is 442 g/mol. The summed E-state index contributed by atoms with van der Waals surface area (Å²) in [6.45, 7) is 0. The first-order valence-corrected chi connectivity index (χ1v) is 10.6. The minimum Gasteiger partial charge on any atom is -0.477 e. The fraction of sp³-hybridized carbons (Fsp3) is 0.286. The first-order chi connectivity index (χ1) is 13.4. The largest absolute Gasteiger partial charge is 0.477 e. The second-order valence-electron chi connectivity index (χ2n) is 5.44. The summed E-state index contributed by atoms with van der Waals surface area (Å²) in [6.07, 6.45) is 2.50. The van der Waals surface area contributed by atoms with Crippen LogP contribution < -0.4 is 11.1 Å². The number of carbonyl (C=O) groups excluding carboxylic acids is 3. The molecule has 11 nitrogen and oxygen atoms in total. The Morgan fingerprint density at radius 3 is 2.93 bits per heavy atom. The third kappa shape index (κ3) is 4.34. The number of amides is 3. The molecule has 148 valence electrons. The minimum absolute atomic E-state index is 0.000824. The molecule has 0 aromatic carbocycles. The average Bonchev–Trinajstić information content (AvgIpc) is 3.15. The summed E-state index contributed by atoms with van der Waals surface area (Å²) >= 11 is 3.51. The molecule has 0 saturated carbocycles. The summed E-state index contributed by atoms with van der Waals surface area (Å²) in [5, 5.41) is 21.0. The van der Waals surface area contributed by atoms with E-state index in [4.69, 9.17) is 5.73 Å². The molecular formula is C14H14N6O5S3. The molecule has 0 bridgehead atoms. The number of nitrogens with one attached hydrogen (secondary N) is 2. The topological polar surface area (TPSA) is 171 Å². The maximum atomic E-state index is 12.5. The van der Waals surface area contributed by atoms with Crippen LogP contribution in [0.15, 0.2) is 33.6 Å². The van der Waals surface area contributed by atoms with Gasteiger partial charge in [-0.3, -0.25) is 19.3 Å². The van der Waals surface area contributed by atoms with Gasteiger partial charge in [-0.1, -0.05) is 11.8 Å². The molecule has 2 aliphatic heterocycles. The Labute approximate surface area is 170 Å². The first-order valence-electron chi connectivity index (χ1n) is 7.70. The van der Waals surface area contributed by atoms with Gasteiger partial charge in [-0.05, 0) is 5.41 Å². The summed E-state index contributed by atoms with van der Waals surface area (Å²) in [6, 6.07) is -0.801. The number of hydrogen-bond acceptors (Lipinski definition) is 9. The normalized spacial score (nSPS) is 21.4. The van der Waals surface area contributed by atoms with E-state index in [0.29, 0.717) is 15.8 Å². The smallest absolute Gasteiger partial charge is 0.353 e. The molecular weight excluding hydrogens is 428 g/mol. The van der Waals surface area contributed by atoms with E-state index in [1.165, 1.54) is 28.4 Å². The lowest BCUT2D eigenvalue weighted by Crippen LogP contribution is -2.70. The molecule has 2 aliphatic rings. The van der Waals surface area contributed by atoms with Crippen molar-refractivity contribution in [1.29, 1.82) is 0 Å². The molecule has 0 aliphatic carbocycles. The van der Waals surface area contributed by atoms with Crippen molar-refractivity contribution in [1.82, 2.24) is 25.4 Å². The lowest BCUT2D eigenvalue weighted by molar-refractivity contribution is -0.150. The van der Waals surface area contributed by atoms with Crippen molar-refractivity contribution in [2.45, 2.75) is 16.6 Å². The number of carboxylic acids is 1. The van der Waals surface area contributed by atoms with E-state index in [9.17, 15) is 24.3 Å². The van der Waals surface area contributed by atoms with Crippen molar-refractivity contribution in [3.05, 3.63) is 28.4 Å². The van der Waals surface area contributed by atoms with Crippen molar-refractivity contribution < 1.29 is 24.3 Å². The van der Waals surface area contributed by atoms with Gasteiger partial charge in [0.2, 0.25) is 11.8 Å². The van der Waals surface area contributed by atoms with Gasteiger partial charge in [0.1, 0.15) is 23.4 Å². The number of hydrogen-bond donors (Lipinski definition) is 4. The molecule has 1 aromatic rings. The quantitative estimate of drug-likeness (QED) is 0.299. The molecule has 3 amide bonds. The van der Waals surface area contributed by atoms with Gasteiger partial charge in [-0.15, -0.1) is 33.7 Å². The van der Waals surface area contributed by atoms with Gasteiger partial charge in [0.25, 0.3) is 5.91 Å². The highest BCUT2D eigenvalue weighted by atomic mass is 32.2. The van der Waals surface area contributed by atoms with E-state index in [2.05, 4.69) is 20.5 Å². The van der Waals surface area contributed by atoms with Crippen LogP contribution in [-0.4, -0.2) is 71.8 Å². The van der Waals surface area contributed by atoms with Crippen molar-refractivity contribution in [2.75, 3.05) is 11.5 Å². The highest BCUT2D eigenvalue weighted by Gasteiger charge is 2.54. The molecule has 3 rings (SSSR count). The maximum absolute atomic E-state index is 12.5. The third-order valence-corrected chi connectivity index (χ3v) is 6.81. The van der Waals surface area contributed by atoms with Crippen LogP contribution in [0.1, 0.15) is 0 Å². The number of nitrogens with zero attached hydrogens (tertiary/aromatic N) is 3. The zero-order valence-corrected chi connectivity index (χ0v) is 16.5. The SMILES string of the molecule is NC(=O)/C=C\SCC(=O)N[C@@H]1C(=O)N2C(C(=O)O)=C(Sc3nnc[nH]3)CS[C@@H]12. The lowest BCUT2D eigenvalue weighted by atomic mass is 10.1. The molecule has 0 radical (unpaired) electrons. The fourth-order valence-corrected chi connectivity index (χ4v) is 5.39. The van der Waals surface area contributed by atoms with E-state index in [0.717, 1.165) is 29.6 Å². The molecule has 5 N–H and O–H groups in total. The van der Waals surface area contributed by atoms with Crippen LogP contribution in [0.3, 0.4) is 0 Å². The summed E-state index contributed by atoms with van der Waals surface area (Å²) in [7, 11) is 0. The summed E-state index contributed by atoms with van der Waals surface area (Å²) in [5.41, 5.74) is 4.84. The first kappa shape index (κ1) is 20.3. The number of primary amides is 1. The number of β-lactam (4-membered cyclic amide) rings is 1. The standard InChI is InChI=1S/C14H14N6O5S3/c15-7(21)1-2-26-4-8(22)18-9-11(23)20-10(13(24)25)6(3-27-12(9)20)28-14-16-5-17-19-14/h1-2,5,9,12H,3-4H2,(H2,15,21)(H,18,22)(H,24,25)(H,16,17,19)/b2-1-/t9-,12+/m1/s1. The Hall–Kier alpha value is -2.45. The Morgan fingerprint density at radius 1 is 1.50 bits per heavy atom. The highest BCUT2D eigenvalue weighted by Crippen LogP contribution is 2.44. The minimum atomic E-state index is -1.22. The van der Waals surface area contributed by atoms with Gasteiger partial charge in [0.05, 0.1) is 5.75 Å². The predicted octanol–water partition coefficient (Wildman–Crippen LogP) is -0.675. The van der Waals surface area contributed by atoms with Crippen LogP contribution in [0.25, 0.3) is 0 Å². The maximum Gasteiger partial charge on any atom is 0.353 e. The summed E-state index contributed by atoms with van der Waals surface area (Å²) < 4.78 is 0. The number of fused-ring (bicyclic) bond motifs is 1. The zero-order chi connectivity index (χ0) is 20.3. The number of nitrogens with two attached hydrogens (primary N) is 1. The van der Waals surface area contributed by atoms with Crippen molar-refractivity contribution in [2.24, 2.45) is 5.73 Å². The second kappa shape index (κ2) is 8.70. The molecule has 28 heavy (non-hydrogen) atoms. The molecule has 0 spiro atoms. The highest BCUT2D eigenvalue weighted by molar-refractivity contribution is 8.06. The number of H-pyrrole nitrogens is 1. The van der Waals surface area contributed by atoms with E-state index in [1.54, 1.807) is 0 Å². The second-order valence-corrected chi connectivity index (χ2v) is 8.53. The van der Waals surface area contributed by atoms with Crippen LogP contribution in [-0.2, 0) is 19.2 Å². The average molecular weight is 443 g/mol. The van der Waals surface area contributed by atoms with Crippen LogP contribution in [0, 0.1) is 0 Å². The van der Waals surface area contributed by atoms with E-state index < -0.39 is 35.1 Å². The van der Waals surface area contributed by atoms with Crippen molar-refractivity contribution in [3.63, 3.8) is 0 Å². The van der Waals surface area contributed by atoms with Gasteiger partial charge >= 0.3 is 5.97 Å². The number of aliphatic carboxylic acids is 1. The van der Waals surface area contributed by atoms with Crippen LogP contribution in [0.2, 0.25) is 0 Å². The predicted molar refractivity (Wildman–Crippen MR) is 103 cm³/mol. The Kier molecular flexibility index (Phi) is 6.31. The molecule has 0 unspecified atom stereocenters. The number of aromatic amines is 1. The van der Waals surface area contributed by atoms with Crippen molar-refractivity contribution in [3.8, 4) is 0 Å². The fourth-order valence-electron chi connectivity index (χ4n) is 2.48. The van der Waals surface area contributed by atoms with Gasteiger partial charge in [-0.2, -0.15) is 0 Å². The summed E-state index contributed by atoms with van der Waals surface area (Å²) in [5.74, 6) is -2.39. The van der Waals surface area contributed by atoms with Gasteiger partial charge in [0.15, 0.2) is 5.16 Å². The van der Waals surface area contributed by atoms with E-state index in [-0.39, 0.29) is 11.4 Å². The van der Waals surface area contributed by atoms with Crippen LogP contribution in [0.4, 0.5) is 0 Å². The Bertz CT molecular complexity index is 871. The molecule has 1 fully saturated rings. The van der Waals surface area contributed by atoms with Gasteiger partial charge in [-0.25, -0.2) is 4.79 Å². The lowest BCUT2D eigenvalue weighted by Gasteiger charge is -2.49. The number of thioether (sulfide) groups is 3. The number of carbonyl (C=O) groups is 4. The van der Waals surface area contributed by atoms with Gasteiger partial charge < -0.3 is 21.1 Å². The summed E-state index contributed by atoms with van der Waals surface area (Å²) in [4.78, 5) is 51.2. The van der Waals surface area contributed by atoms with Gasteiger partial charge in [0, 0.05) is 16.7 Å². The Balaban J connectivity index is 1.65. The van der Waals surface area contributed by atoms with E-state index in [1.807, 2.05) is 0 Å². The zero-order valence-electron chi connectivity index (χ0n) is 14.0. The molecule has 14 heteroatoms. The number of carboxylic acid groups (broad SMARTS) is 1. The van der Waals surface area contributed by atoms with E-state index >= 15 is 0 Å². The number of aromatic nitrogens is 3.